The van der Waals surface area contributed by atoms with Crippen LogP contribution in [0.3, 0.4) is 0 Å². The maximum Gasteiger partial charge on any atom is 0.305 e. The predicted octanol–water partition coefficient (Wildman–Crippen LogP) is 2.61. The molecule has 33 heavy (non-hydrogen) atoms. The van der Waals surface area contributed by atoms with E-state index >= 15 is 0 Å². The average molecular weight is 480 g/mol. The minimum atomic E-state index is -3.67. The first-order valence-electron chi connectivity index (χ1n) is 10.0. The molecule has 2 N–H and O–H groups in total. The van der Waals surface area contributed by atoms with Crippen molar-refractivity contribution in [1.29, 1.82) is 0 Å². The topological polar surface area (TPSA) is 138 Å². The first-order valence-corrected chi connectivity index (χ1v) is 11.9. The number of carboxylic acid groups (broad SMARTS) is 1. The van der Waals surface area contributed by atoms with Crippen LogP contribution in [0.1, 0.15) is 43.9 Å². The van der Waals surface area contributed by atoms with Gasteiger partial charge >= 0.3 is 5.97 Å². The van der Waals surface area contributed by atoms with Crippen molar-refractivity contribution in [1.82, 2.24) is 9.97 Å². The highest BCUT2D eigenvalue weighted by Gasteiger charge is 2.22. The van der Waals surface area contributed by atoms with Crippen LogP contribution in [0.25, 0.3) is 17.3 Å². The molecule has 1 unspecified atom stereocenters. The summed E-state index contributed by atoms with van der Waals surface area (Å²) in [5.41, 5.74) is 1.63. The molecule has 1 atom stereocenters. The van der Waals surface area contributed by atoms with Gasteiger partial charge in [0, 0.05) is 24.6 Å². The first-order chi connectivity index (χ1) is 15.3. The molecule has 0 amide bonds. The summed E-state index contributed by atoms with van der Waals surface area (Å²) in [5, 5.41) is 18.4. The number of carbonyl (C=O) groups is 2. The fraction of sp³-hybridized carbons (Fsp3) is 0.364. The van der Waals surface area contributed by atoms with E-state index in [9.17, 15) is 27.5 Å². The van der Waals surface area contributed by atoms with Crippen molar-refractivity contribution in [3.05, 3.63) is 47.4 Å². The third-order valence-electron chi connectivity index (χ3n) is 4.69. The number of aromatic nitrogens is 2. The van der Waals surface area contributed by atoms with Gasteiger partial charge in [0.25, 0.3) is 0 Å². The van der Waals surface area contributed by atoms with E-state index in [-0.39, 0.29) is 24.0 Å². The Morgan fingerprint density at radius 2 is 1.76 bits per heavy atom. The number of aliphatic carboxylic acids is 1. The number of carboxylic acids is 1. The average Bonchev–Trinajstić information content (AvgIpc) is 2.70. The van der Waals surface area contributed by atoms with Crippen LogP contribution in [0, 0.1) is 5.82 Å². The number of nitrogens with zero attached hydrogens (tertiary/aromatic N) is 3. The molecule has 0 fully saturated rings. The number of anilines is 1. The SMILES string of the molecule is CC(C)c1nc(N(C)S(C)(=O)=O)nc(-c2ccc(F)cc2)c1/C=C/C(=O)CC(O)CC(=O)O. The Balaban J connectivity index is 2.62. The molecular weight excluding hydrogens is 453 g/mol. The highest BCUT2D eigenvalue weighted by Crippen LogP contribution is 2.31. The van der Waals surface area contributed by atoms with Gasteiger partial charge in [-0.3, -0.25) is 9.59 Å². The second-order valence-corrected chi connectivity index (χ2v) is 9.83. The molecule has 0 spiro atoms. The van der Waals surface area contributed by atoms with Crippen molar-refractivity contribution in [2.45, 2.75) is 38.7 Å². The number of rotatable bonds is 10. The van der Waals surface area contributed by atoms with Gasteiger partial charge in [0.1, 0.15) is 5.82 Å². The normalized spacial score (nSPS) is 12.8. The minimum Gasteiger partial charge on any atom is -0.481 e. The van der Waals surface area contributed by atoms with Gasteiger partial charge in [0.05, 0.1) is 30.2 Å². The van der Waals surface area contributed by atoms with Crippen LogP contribution in [0.2, 0.25) is 0 Å². The summed E-state index contributed by atoms with van der Waals surface area (Å²) >= 11 is 0. The third-order valence-corrected chi connectivity index (χ3v) is 5.85. The van der Waals surface area contributed by atoms with Gasteiger partial charge in [0.15, 0.2) is 5.78 Å². The molecule has 178 valence electrons. The number of hydrogen-bond acceptors (Lipinski definition) is 7. The van der Waals surface area contributed by atoms with E-state index in [1.165, 1.54) is 43.5 Å². The van der Waals surface area contributed by atoms with Gasteiger partial charge < -0.3 is 10.2 Å². The van der Waals surface area contributed by atoms with Crippen molar-refractivity contribution in [2.75, 3.05) is 17.6 Å². The largest absolute Gasteiger partial charge is 0.481 e. The van der Waals surface area contributed by atoms with Crippen molar-refractivity contribution >= 4 is 33.8 Å². The number of halogens is 1. The fourth-order valence-corrected chi connectivity index (χ4v) is 3.32. The molecule has 0 saturated carbocycles. The summed E-state index contributed by atoms with van der Waals surface area (Å²) in [5.74, 6) is -2.49. The van der Waals surface area contributed by atoms with Crippen LogP contribution in [0.5, 0.6) is 0 Å². The Labute approximate surface area is 191 Å². The molecule has 0 aliphatic heterocycles. The summed E-state index contributed by atoms with van der Waals surface area (Å²) < 4.78 is 38.5. The van der Waals surface area contributed by atoms with Crippen LogP contribution in [-0.4, -0.2) is 59.8 Å². The highest BCUT2D eigenvalue weighted by atomic mass is 32.2. The number of allylic oxidation sites excluding steroid dienone is 1. The lowest BCUT2D eigenvalue weighted by Gasteiger charge is -2.20. The molecule has 2 rings (SSSR count). The van der Waals surface area contributed by atoms with Crippen LogP contribution >= 0.6 is 0 Å². The summed E-state index contributed by atoms with van der Waals surface area (Å²) in [7, 11) is -2.35. The Bertz CT molecular complexity index is 1160. The number of sulfonamides is 1. The van der Waals surface area contributed by atoms with Gasteiger partial charge in [0.2, 0.25) is 16.0 Å². The monoisotopic (exact) mass is 479 g/mol. The molecule has 1 aromatic heterocycles. The highest BCUT2D eigenvalue weighted by molar-refractivity contribution is 7.92. The van der Waals surface area contributed by atoms with Gasteiger partial charge in [-0.2, -0.15) is 0 Å². The van der Waals surface area contributed by atoms with Gasteiger partial charge in [-0.05, 0) is 42.3 Å². The third kappa shape index (κ3) is 7.16. The van der Waals surface area contributed by atoms with E-state index in [1.54, 1.807) is 0 Å². The van der Waals surface area contributed by atoms with Gasteiger partial charge in [-0.15, -0.1) is 0 Å². The number of benzene rings is 1. The molecule has 1 aromatic carbocycles. The number of aliphatic hydroxyl groups excluding tert-OH is 1. The lowest BCUT2D eigenvalue weighted by atomic mass is 9.97. The van der Waals surface area contributed by atoms with Crippen molar-refractivity contribution in [3.63, 3.8) is 0 Å². The molecule has 9 nitrogen and oxygen atoms in total. The maximum atomic E-state index is 13.5. The van der Waals surface area contributed by atoms with Crippen LogP contribution < -0.4 is 4.31 Å². The smallest absolute Gasteiger partial charge is 0.305 e. The standard InChI is InChI=1S/C22H26FN3O6S/c1-13(2)20-18(10-9-16(27)11-17(28)12-19(29)30)21(14-5-7-15(23)8-6-14)25-22(24-20)26(3)33(4,31)32/h5-10,13,17,28H,11-12H2,1-4H3,(H,29,30)/b10-9+. The Morgan fingerprint density at radius 1 is 1.15 bits per heavy atom. The van der Waals surface area contributed by atoms with E-state index in [4.69, 9.17) is 5.11 Å². The number of ketones is 1. The number of carbonyl (C=O) groups excluding carboxylic acids is 1. The minimum absolute atomic E-state index is 0.0825. The summed E-state index contributed by atoms with van der Waals surface area (Å²) in [6.07, 6.45) is 1.35. The Hall–Kier alpha value is -3.18. The second kappa shape index (κ2) is 10.6. The first kappa shape index (κ1) is 26.1. The zero-order chi connectivity index (χ0) is 24.9. The van der Waals surface area contributed by atoms with Crippen LogP contribution in [0.4, 0.5) is 10.3 Å². The van der Waals surface area contributed by atoms with E-state index in [0.29, 0.717) is 16.8 Å². The summed E-state index contributed by atoms with van der Waals surface area (Å²) in [6, 6.07) is 5.41. The lowest BCUT2D eigenvalue weighted by Crippen LogP contribution is -2.27. The molecule has 0 bridgehead atoms. The molecule has 0 saturated heterocycles. The summed E-state index contributed by atoms with van der Waals surface area (Å²) in [6.45, 7) is 3.66. The molecule has 1 heterocycles. The van der Waals surface area contributed by atoms with E-state index in [2.05, 4.69) is 9.97 Å². The lowest BCUT2D eigenvalue weighted by molar-refractivity contribution is -0.139. The van der Waals surface area contributed by atoms with Crippen LogP contribution in [-0.2, 0) is 19.6 Å². The zero-order valence-electron chi connectivity index (χ0n) is 18.7. The van der Waals surface area contributed by atoms with Crippen molar-refractivity contribution in [2.24, 2.45) is 0 Å². The molecule has 0 aliphatic rings. The second-order valence-electron chi connectivity index (χ2n) is 7.82. The summed E-state index contributed by atoms with van der Waals surface area (Å²) in [4.78, 5) is 31.7. The molecule has 0 radical (unpaired) electrons. The number of aliphatic hydroxyl groups is 1. The van der Waals surface area contributed by atoms with Gasteiger partial charge in [-0.25, -0.2) is 27.1 Å². The Morgan fingerprint density at radius 3 is 2.27 bits per heavy atom. The molecular formula is C22H26FN3O6S. The van der Waals surface area contributed by atoms with E-state index in [0.717, 1.165) is 10.6 Å². The quantitative estimate of drug-likeness (QED) is 0.496. The van der Waals surface area contributed by atoms with Crippen LogP contribution in [0.15, 0.2) is 30.3 Å². The van der Waals surface area contributed by atoms with Gasteiger partial charge in [-0.1, -0.05) is 13.8 Å². The zero-order valence-corrected chi connectivity index (χ0v) is 19.5. The Kier molecular flexibility index (Phi) is 8.39. The molecule has 11 heteroatoms. The fourth-order valence-electron chi connectivity index (χ4n) is 2.95. The van der Waals surface area contributed by atoms with E-state index in [1.807, 2.05) is 13.8 Å². The molecule has 2 aromatic rings. The predicted molar refractivity (Wildman–Crippen MR) is 122 cm³/mol. The van der Waals surface area contributed by atoms with Crippen molar-refractivity contribution in [3.8, 4) is 11.3 Å². The van der Waals surface area contributed by atoms with E-state index < -0.39 is 40.1 Å². The van der Waals surface area contributed by atoms with Crippen molar-refractivity contribution < 1.29 is 32.6 Å². The maximum absolute atomic E-state index is 13.5. The molecule has 0 aliphatic carbocycles. The number of hydrogen-bond donors (Lipinski definition) is 2.